The van der Waals surface area contributed by atoms with Crippen LogP contribution in [0.3, 0.4) is 0 Å². The first-order valence-electron chi connectivity index (χ1n) is 13.7. The van der Waals surface area contributed by atoms with Crippen LogP contribution in [0, 0.1) is 5.92 Å². The number of rotatable bonds is 25. The summed E-state index contributed by atoms with van der Waals surface area (Å²) in [5.74, 6) is -5.52. The van der Waals surface area contributed by atoms with Gasteiger partial charge < -0.3 is 20.6 Å². The van der Waals surface area contributed by atoms with Crippen molar-refractivity contribution in [3.63, 3.8) is 0 Å². The van der Waals surface area contributed by atoms with Gasteiger partial charge in [-0.25, -0.2) is 4.79 Å². The minimum Gasteiger partial charge on any atom is -0.481 e. The van der Waals surface area contributed by atoms with Crippen LogP contribution < -0.4 is 5.32 Å². The molecule has 0 fully saturated rings. The molecule has 36 heavy (non-hydrogen) atoms. The van der Waals surface area contributed by atoms with E-state index in [1.165, 1.54) is 57.8 Å². The third-order valence-corrected chi connectivity index (χ3v) is 6.38. The minimum atomic E-state index is -1.35. The van der Waals surface area contributed by atoms with E-state index >= 15 is 0 Å². The zero-order valence-corrected chi connectivity index (χ0v) is 22.0. The Morgan fingerprint density at radius 2 is 1.11 bits per heavy atom. The predicted molar refractivity (Wildman–Crippen MR) is 137 cm³/mol. The van der Waals surface area contributed by atoms with Gasteiger partial charge in [0, 0.05) is 25.7 Å². The molecule has 0 aromatic rings. The Bertz CT molecular complexity index is 664. The summed E-state index contributed by atoms with van der Waals surface area (Å²) >= 11 is 0. The summed E-state index contributed by atoms with van der Waals surface area (Å²) in [6.07, 6.45) is 14.8. The van der Waals surface area contributed by atoms with Crippen LogP contribution in [-0.2, 0) is 24.0 Å². The van der Waals surface area contributed by atoms with Crippen molar-refractivity contribution in [2.75, 3.05) is 0 Å². The second-order valence-corrected chi connectivity index (χ2v) is 9.70. The summed E-state index contributed by atoms with van der Waals surface area (Å²) in [6, 6.07) is -1.35. The molecular weight excluding hydrogens is 466 g/mol. The highest BCUT2D eigenvalue weighted by Gasteiger charge is 2.24. The van der Waals surface area contributed by atoms with Crippen molar-refractivity contribution in [2.24, 2.45) is 5.92 Å². The van der Waals surface area contributed by atoms with Crippen molar-refractivity contribution < 1.29 is 39.3 Å². The van der Waals surface area contributed by atoms with E-state index in [0.29, 0.717) is 6.42 Å². The van der Waals surface area contributed by atoms with E-state index in [1.54, 1.807) is 0 Å². The lowest BCUT2D eigenvalue weighted by molar-refractivity contribution is -0.145. The minimum absolute atomic E-state index is 0.0865. The molecule has 9 nitrogen and oxygen atoms in total. The Labute approximate surface area is 215 Å². The number of hydrogen-bond donors (Lipinski definition) is 4. The Kier molecular flexibility index (Phi) is 20.3. The van der Waals surface area contributed by atoms with E-state index in [9.17, 15) is 29.1 Å². The van der Waals surface area contributed by atoms with Crippen LogP contribution in [0.4, 0.5) is 0 Å². The number of hydrogen-bond acceptors (Lipinski definition) is 5. The van der Waals surface area contributed by atoms with Gasteiger partial charge in [0.2, 0.25) is 5.91 Å². The maximum atomic E-state index is 12.2. The number of carboxylic acid groups (broad SMARTS) is 3. The van der Waals surface area contributed by atoms with Crippen molar-refractivity contribution in [3.05, 3.63) is 0 Å². The second kappa shape index (κ2) is 21.8. The van der Waals surface area contributed by atoms with Crippen LogP contribution in [0.5, 0.6) is 0 Å². The predicted octanol–water partition coefficient (Wildman–Crippen LogP) is 5.34. The summed E-state index contributed by atoms with van der Waals surface area (Å²) in [6.45, 7) is 2.23. The molecule has 2 unspecified atom stereocenters. The molecule has 0 bridgehead atoms. The third kappa shape index (κ3) is 19.8. The van der Waals surface area contributed by atoms with Gasteiger partial charge in [0.25, 0.3) is 0 Å². The van der Waals surface area contributed by atoms with E-state index in [1.807, 2.05) is 0 Å². The summed E-state index contributed by atoms with van der Waals surface area (Å²) in [7, 11) is 0. The molecule has 9 heteroatoms. The SMILES string of the molecule is CCCCCCCCCCCCCCCC(=O)CC(CCC(=O)NC(CCC(=O)O)C(=O)O)C(=O)O. The number of carboxylic acids is 3. The van der Waals surface area contributed by atoms with E-state index < -0.39 is 42.2 Å². The standard InChI is InChI=1S/C27H47NO8/c1-2-3-4-5-6-7-8-9-10-11-12-13-14-15-22(29)20-21(26(33)34)16-18-24(30)28-23(27(35)36)17-19-25(31)32/h21,23H,2-20H2,1H3,(H,28,30)(H,31,32)(H,33,34)(H,35,36). The van der Waals surface area contributed by atoms with Gasteiger partial charge in [-0.3, -0.25) is 19.2 Å². The van der Waals surface area contributed by atoms with Crippen molar-refractivity contribution in [1.82, 2.24) is 5.32 Å². The second-order valence-electron chi connectivity index (χ2n) is 9.70. The fourth-order valence-electron chi connectivity index (χ4n) is 4.13. The summed E-state index contributed by atoms with van der Waals surface area (Å²) in [5.41, 5.74) is 0. The molecular formula is C27H47NO8. The van der Waals surface area contributed by atoms with Crippen LogP contribution in [0.15, 0.2) is 0 Å². The molecule has 0 aromatic carbocycles. The van der Waals surface area contributed by atoms with Gasteiger partial charge in [-0.1, -0.05) is 84.0 Å². The summed E-state index contributed by atoms with van der Waals surface area (Å²) < 4.78 is 0. The molecule has 0 aromatic heterocycles. The fraction of sp³-hybridized carbons (Fsp3) is 0.815. The molecule has 0 aliphatic rings. The molecule has 0 spiro atoms. The number of amides is 1. The molecule has 4 N–H and O–H groups in total. The molecule has 1 amide bonds. The summed E-state index contributed by atoms with van der Waals surface area (Å²) in [5, 5.41) is 29.4. The summed E-state index contributed by atoms with van der Waals surface area (Å²) in [4.78, 5) is 57.5. The fourth-order valence-corrected chi connectivity index (χ4v) is 4.13. The Morgan fingerprint density at radius 1 is 0.611 bits per heavy atom. The number of Topliss-reactive ketones (excluding diaryl/α,β-unsaturated/α-hetero) is 1. The molecule has 0 aliphatic heterocycles. The number of unbranched alkanes of at least 4 members (excludes halogenated alkanes) is 12. The van der Waals surface area contributed by atoms with Crippen LogP contribution in [0.1, 0.15) is 129 Å². The van der Waals surface area contributed by atoms with Crippen LogP contribution in [-0.4, -0.2) is 51.0 Å². The average Bonchev–Trinajstić information content (AvgIpc) is 2.81. The van der Waals surface area contributed by atoms with Crippen LogP contribution in [0.2, 0.25) is 0 Å². The zero-order valence-electron chi connectivity index (χ0n) is 22.0. The van der Waals surface area contributed by atoms with Gasteiger partial charge >= 0.3 is 17.9 Å². The van der Waals surface area contributed by atoms with Gasteiger partial charge in [-0.2, -0.15) is 0 Å². The first kappa shape index (κ1) is 33.5. The van der Waals surface area contributed by atoms with Gasteiger partial charge in [-0.15, -0.1) is 0 Å². The van der Waals surface area contributed by atoms with E-state index in [0.717, 1.165) is 25.7 Å². The number of carbonyl (C=O) groups is 5. The topological polar surface area (TPSA) is 158 Å². The highest BCUT2D eigenvalue weighted by atomic mass is 16.4. The highest BCUT2D eigenvalue weighted by Crippen LogP contribution is 2.17. The molecule has 208 valence electrons. The zero-order chi connectivity index (χ0) is 27.2. The van der Waals surface area contributed by atoms with Crippen molar-refractivity contribution in [1.29, 1.82) is 0 Å². The molecule has 0 rings (SSSR count). The normalized spacial score (nSPS) is 12.6. The molecule has 0 saturated heterocycles. The highest BCUT2D eigenvalue weighted by molar-refractivity contribution is 5.86. The largest absolute Gasteiger partial charge is 0.481 e. The monoisotopic (exact) mass is 513 g/mol. The van der Waals surface area contributed by atoms with Crippen LogP contribution >= 0.6 is 0 Å². The van der Waals surface area contributed by atoms with E-state index in [4.69, 9.17) is 10.2 Å². The first-order valence-corrected chi connectivity index (χ1v) is 13.7. The lowest BCUT2D eigenvalue weighted by Crippen LogP contribution is -2.41. The smallest absolute Gasteiger partial charge is 0.326 e. The average molecular weight is 514 g/mol. The van der Waals surface area contributed by atoms with Gasteiger partial charge in [0.05, 0.1) is 5.92 Å². The Hall–Kier alpha value is -2.45. The number of aliphatic carboxylic acids is 3. The maximum absolute atomic E-state index is 12.2. The van der Waals surface area contributed by atoms with Gasteiger partial charge in [-0.05, 0) is 19.3 Å². The number of carbonyl (C=O) groups excluding carboxylic acids is 2. The number of nitrogens with one attached hydrogen (secondary N) is 1. The number of ketones is 1. The van der Waals surface area contributed by atoms with Crippen LogP contribution in [0.25, 0.3) is 0 Å². The van der Waals surface area contributed by atoms with Crippen molar-refractivity contribution in [3.8, 4) is 0 Å². The molecule has 2 atom stereocenters. The lowest BCUT2D eigenvalue weighted by atomic mass is 9.94. The van der Waals surface area contributed by atoms with Gasteiger partial charge in [0.1, 0.15) is 11.8 Å². The molecule has 0 heterocycles. The first-order chi connectivity index (χ1) is 17.2. The maximum Gasteiger partial charge on any atom is 0.326 e. The quantitative estimate of drug-likeness (QED) is 0.119. The molecule has 0 radical (unpaired) electrons. The van der Waals surface area contributed by atoms with Gasteiger partial charge in [0.15, 0.2) is 0 Å². The van der Waals surface area contributed by atoms with E-state index in [-0.39, 0.29) is 31.5 Å². The van der Waals surface area contributed by atoms with Crippen molar-refractivity contribution in [2.45, 2.75) is 135 Å². The third-order valence-electron chi connectivity index (χ3n) is 6.38. The Balaban J connectivity index is 4.01. The Morgan fingerprint density at radius 3 is 1.56 bits per heavy atom. The molecule has 0 saturated carbocycles. The van der Waals surface area contributed by atoms with Crippen molar-refractivity contribution >= 4 is 29.6 Å². The molecule has 0 aliphatic carbocycles. The van der Waals surface area contributed by atoms with E-state index in [2.05, 4.69) is 12.2 Å². The lowest BCUT2D eigenvalue weighted by Gasteiger charge is -2.15.